The number of phenolic OH excluding ortho intramolecular Hbond substituents is 1. The first kappa shape index (κ1) is 18.7. The molecule has 0 radical (unpaired) electrons. The van der Waals surface area contributed by atoms with Crippen LogP contribution >= 0.6 is 0 Å². The molecule has 0 aliphatic heterocycles. The highest BCUT2D eigenvalue weighted by Crippen LogP contribution is 2.22. The van der Waals surface area contributed by atoms with Gasteiger partial charge < -0.3 is 19.9 Å². The topological polar surface area (TPSA) is 69.9 Å². The minimum absolute atomic E-state index is 0.0794. The Hall–Kier alpha value is -1.27. The first-order valence-electron chi connectivity index (χ1n) is 6.92. The van der Waals surface area contributed by atoms with Gasteiger partial charge in [-0.25, -0.2) is 4.39 Å². The number of rotatable bonds is 7. The molecule has 1 atom stereocenters. The molecule has 0 bridgehead atoms. The van der Waals surface area contributed by atoms with Crippen LogP contribution in [0.3, 0.4) is 0 Å². The molecule has 4 nitrogen and oxygen atoms in total. The summed E-state index contributed by atoms with van der Waals surface area (Å²) in [5, 5.41) is 23.3. The molecule has 0 heterocycles. The van der Waals surface area contributed by atoms with E-state index in [1.807, 2.05) is 6.92 Å². The summed E-state index contributed by atoms with van der Waals surface area (Å²) >= 11 is 0. The molecule has 6 heteroatoms. The number of benzene rings is 1. The molecular formula is C14H24BFO4. The van der Waals surface area contributed by atoms with Gasteiger partial charge in [-0.1, -0.05) is 26.2 Å². The number of aromatic hydroxyl groups is 1. The predicted octanol–water partition coefficient (Wildman–Crippen LogP) is 2.51. The van der Waals surface area contributed by atoms with E-state index in [1.54, 1.807) is 6.07 Å². The number of halogens is 1. The van der Waals surface area contributed by atoms with E-state index in [0.717, 1.165) is 12.8 Å². The van der Waals surface area contributed by atoms with E-state index in [9.17, 15) is 4.39 Å². The molecule has 0 saturated carbocycles. The van der Waals surface area contributed by atoms with Crippen LogP contribution in [0.25, 0.3) is 0 Å². The highest BCUT2D eigenvalue weighted by atomic mass is 19.1. The molecule has 3 N–H and O–H groups in total. The van der Waals surface area contributed by atoms with Gasteiger partial charge in [0.15, 0.2) is 11.6 Å². The molecule has 0 aromatic heterocycles. The predicted molar refractivity (Wildman–Crippen MR) is 78.5 cm³/mol. The van der Waals surface area contributed by atoms with Crippen molar-refractivity contribution in [2.45, 2.75) is 52.1 Å². The van der Waals surface area contributed by atoms with Gasteiger partial charge in [0.25, 0.3) is 0 Å². The Morgan fingerprint density at radius 3 is 2.45 bits per heavy atom. The van der Waals surface area contributed by atoms with Crippen LogP contribution in [-0.4, -0.2) is 28.9 Å². The Bertz CT molecular complexity index is 363. The zero-order valence-corrected chi connectivity index (χ0v) is 12.2. The Morgan fingerprint density at radius 2 is 1.90 bits per heavy atom. The second-order valence-corrected chi connectivity index (χ2v) is 4.53. The van der Waals surface area contributed by atoms with Crippen LogP contribution in [0.5, 0.6) is 11.5 Å². The molecular weight excluding hydrogens is 262 g/mol. The fraction of sp³-hybridized carbons (Fsp3) is 0.571. The van der Waals surface area contributed by atoms with E-state index in [0.29, 0.717) is 5.75 Å². The van der Waals surface area contributed by atoms with Gasteiger partial charge in [0.2, 0.25) is 0 Å². The third kappa shape index (κ3) is 8.77. The molecule has 0 spiro atoms. The van der Waals surface area contributed by atoms with E-state index < -0.39 is 13.5 Å². The molecule has 20 heavy (non-hydrogen) atoms. The van der Waals surface area contributed by atoms with Crippen molar-refractivity contribution >= 4 is 7.69 Å². The largest absolute Gasteiger partial charge is 0.505 e. The summed E-state index contributed by atoms with van der Waals surface area (Å²) in [7, 11) is -0.750. The molecule has 0 unspecified atom stereocenters. The van der Waals surface area contributed by atoms with Gasteiger partial charge in [0.1, 0.15) is 5.75 Å². The highest BCUT2D eigenvalue weighted by molar-refractivity contribution is 6.13. The molecule has 0 aliphatic rings. The van der Waals surface area contributed by atoms with Crippen LogP contribution in [0.1, 0.15) is 46.0 Å². The highest BCUT2D eigenvalue weighted by Gasteiger charge is 2.06. The smallest absolute Gasteiger partial charge is 0.432 e. The number of hydrogen-bond acceptors (Lipinski definition) is 4. The van der Waals surface area contributed by atoms with Crippen molar-refractivity contribution in [2.75, 3.05) is 0 Å². The van der Waals surface area contributed by atoms with E-state index in [2.05, 4.69) is 6.92 Å². The lowest BCUT2D eigenvalue weighted by Crippen LogP contribution is -2.11. The molecule has 114 valence electrons. The number of hydrogen-bond donors (Lipinski definition) is 3. The summed E-state index contributed by atoms with van der Waals surface area (Å²) in [6, 6.07) is 4.12. The number of unbranched alkanes of at least 4 members (excludes halogenated alkanes) is 3. The average Bonchev–Trinajstić information content (AvgIpc) is 2.40. The fourth-order valence-corrected chi connectivity index (χ4v) is 1.71. The van der Waals surface area contributed by atoms with Crippen molar-refractivity contribution in [3.05, 3.63) is 24.0 Å². The molecule has 0 aliphatic carbocycles. The summed E-state index contributed by atoms with van der Waals surface area (Å²) in [4.78, 5) is 0. The zero-order valence-electron chi connectivity index (χ0n) is 12.2. The standard InChI is InChI=1S/C14H21FO2.BH3O2/c1-3-4-5-6-7-11(2)17-12-8-9-14(16)13(15)10-12;2-1-3/h8-11,16H,3-7H2,1-2H3;1-3H/t11-;/m0./s1. The van der Waals surface area contributed by atoms with Gasteiger partial charge >= 0.3 is 7.69 Å². The lowest BCUT2D eigenvalue weighted by Gasteiger charge is -2.14. The van der Waals surface area contributed by atoms with Crippen molar-refractivity contribution in [2.24, 2.45) is 0 Å². The van der Waals surface area contributed by atoms with Crippen LogP contribution in [0.2, 0.25) is 0 Å². The Labute approximate surface area is 120 Å². The van der Waals surface area contributed by atoms with Gasteiger partial charge in [-0.3, -0.25) is 0 Å². The van der Waals surface area contributed by atoms with Gasteiger partial charge in [-0.15, -0.1) is 0 Å². The zero-order chi connectivity index (χ0) is 15.4. The van der Waals surface area contributed by atoms with Crippen LogP contribution in [-0.2, 0) is 0 Å². The lowest BCUT2D eigenvalue weighted by molar-refractivity contribution is 0.205. The second-order valence-electron chi connectivity index (χ2n) is 4.53. The molecule has 0 fully saturated rings. The molecule has 0 amide bonds. The lowest BCUT2D eigenvalue weighted by atomic mass is 10.1. The Morgan fingerprint density at radius 1 is 1.25 bits per heavy atom. The summed E-state index contributed by atoms with van der Waals surface area (Å²) in [5.74, 6) is -0.503. The molecule has 1 aromatic rings. The molecule has 1 rings (SSSR count). The van der Waals surface area contributed by atoms with Crippen molar-refractivity contribution in [3.8, 4) is 11.5 Å². The van der Waals surface area contributed by atoms with Crippen molar-refractivity contribution < 1.29 is 24.3 Å². The Kier molecular flexibility index (Phi) is 10.8. The normalized spacial score (nSPS) is 11.2. The number of ether oxygens (including phenoxy) is 1. The van der Waals surface area contributed by atoms with E-state index >= 15 is 0 Å². The molecule has 1 aromatic carbocycles. The first-order valence-corrected chi connectivity index (χ1v) is 6.92. The third-order valence-electron chi connectivity index (χ3n) is 2.72. The maximum atomic E-state index is 13.1. The van der Waals surface area contributed by atoms with E-state index in [4.69, 9.17) is 19.9 Å². The van der Waals surface area contributed by atoms with Gasteiger partial charge in [0.05, 0.1) is 6.10 Å². The maximum absolute atomic E-state index is 13.1. The van der Waals surface area contributed by atoms with Gasteiger partial charge in [0, 0.05) is 6.07 Å². The fourth-order valence-electron chi connectivity index (χ4n) is 1.71. The van der Waals surface area contributed by atoms with Crippen molar-refractivity contribution in [1.82, 2.24) is 0 Å². The van der Waals surface area contributed by atoms with Crippen LogP contribution < -0.4 is 4.74 Å². The minimum Gasteiger partial charge on any atom is -0.505 e. The van der Waals surface area contributed by atoms with Crippen LogP contribution in [0.15, 0.2) is 18.2 Å². The summed E-state index contributed by atoms with van der Waals surface area (Å²) in [6.07, 6.45) is 5.88. The number of phenols is 1. The van der Waals surface area contributed by atoms with Crippen LogP contribution in [0.4, 0.5) is 4.39 Å². The Balaban J connectivity index is 0.00000110. The SMILES string of the molecule is CCCCCC[C@H](C)Oc1ccc(O)c(F)c1.OBO. The summed E-state index contributed by atoms with van der Waals surface area (Å²) in [6.45, 7) is 4.16. The maximum Gasteiger partial charge on any atom is 0.432 e. The van der Waals surface area contributed by atoms with Crippen molar-refractivity contribution in [3.63, 3.8) is 0 Å². The monoisotopic (exact) mass is 286 g/mol. The summed E-state index contributed by atoms with van der Waals surface area (Å²) < 4.78 is 18.6. The first-order chi connectivity index (χ1) is 9.54. The second kappa shape index (κ2) is 11.6. The van der Waals surface area contributed by atoms with Gasteiger partial charge in [-0.05, 0) is 31.9 Å². The van der Waals surface area contributed by atoms with E-state index in [1.165, 1.54) is 31.4 Å². The van der Waals surface area contributed by atoms with Gasteiger partial charge in [-0.2, -0.15) is 0 Å². The quantitative estimate of drug-likeness (QED) is 0.532. The third-order valence-corrected chi connectivity index (χ3v) is 2.72. The summed E-state index contributed by atoms with van der Waals surface area (Å²) in [5.41, 5.74) is 0. The van der Waals surface area contributed by atoms with Crippen molar-refractivity contribution in [1.29, 1.82) is 0 Å². The average molecular weight is 286 g/mol. The molecule has 0 saturated heterocycles. The van der Waals surface area contributed by atoms with E-state index in [-0.39, 0.29) is 11.9 Å². The minimum atomic E-state index is -0.750. The van der Waals surface area contributed by atoms with Crippen LogP contribution in [0, 0.1) is 5.82 Å².